The minimum absolute atomic E-state index is 0.0226. The first-order valence-corrected chi connectivity index (χ1v) is 5.98. The number of nitro benzene ring substituents is 1. The molecule has 0 heterocycles. The number of rotatable bonds is 7. The van der Waals surface area contributed by atoms with Crippen molar-refractivity contribution in [2.45, 2.75) is 26.3 Å². The van der Waals surface area contributed by atoms with E-state index in [1.807, 2.05) is 13.8 Å². The van der Waals surface area contributed by atoms with Gasteiger partial charge >= 0.3 is 5.69 Å². The molecule has 1 aromatic carbocycles. The Hall–Kier alpha value is -1.82. The van der Waals surface area contributed by atoms with Gasteiger partial charge in [0.15, 0.2) is 0 Å². The SMILES string of the molecule is CCNc1cccc(NC(C)CCO)c1[N+](=O)[O-]. The molecule has 6 heteroatoms. The van der Waals surface area contributed by atoms with Crippen LogP contribution in [0.1, 0.15) is 20.3 Å². The lowest BCUT2D eigenvalue weighted by Gasteiger charge is -2.15. The van der Waals surface area contributed by atoms with Gasteiger partial charge in [-0.1, -0.05) is 6.07 Å². The number of anilines is 2. The summed E-state index contributed by atoms with van der Waals surface area (Å²) in [5.74, 6) is 0. The maximum atomic E-state index is 11.1. The van der Waals surface area contributed by atoms with Crippen LogP contribution in [0.4, 0.5) is 17.1 Å². The standard InChI is InChI=1S/C12H19N3O3/c1-3-13-10-5-4-6-11(12(10)15(17)18)14-9(2)7-8-16/h4-6,9,13-14,16H,3,7-8H2,1-2H3. The van der Waals surface area contributed by atoms with E-state index in [9.17, 15) is 10.1 Å². The summed E-state index contributed by atoms with van der Waals surface area (Å²) in [6, 6.07) is 5.10. The maximum absolute atomic E-state index is 11.1. The van der Waals surface area contributed by atoms with Crippen LogP contribution in [-0.4, -0.2) is 29.2 Å². The van der Waals surface area contributed by atoms with Gasteiger partial charge in [0.1, 0.15) is 11.4 Å². The average molecular weight is 253 g/mol. The first-order chi connectivity index (χ1) is 8.60. The Labute approximate surface area is 106 Å². The fourth-order valence-corrected chi connectivity index (χ4v) is 1.72. The number of aliphatic hydroxyl groups is 1. The Morgan fingerprint density at radius 1 is 1.44 bits per heavy atom. The minimum Gasteiger partial charge on any atom is -0.396 e. The third-order valence-electron chi connectivity index (χ3n) is 2.55. The number of benzene rings is 1. The predicted octanol–water partition coefficient (Wildman–Crippen LogP) is 2.21. The number of aliphatic hydroxyl groups excluding tert-OH is 1. The molecule has 100 valence electrons. The van der Waals surface area contributed by atoms with E-state index >= 15 is 0 Å². The first-order valence-electron chi connectivity index (χ1n) is 5.98. The predicted molar refractivity (Wildman–Crippen MR) is 72.0 cm³/mol. The van der Waals surface area contributed by atoms with Crippen molar-refractivity contribution in [3.8, 4) is 0 Å². The zero-order valence-corrected chi connectivity index (χ0v) is 10.6. The van der Waals surface area contributed by atoms with Gasteiger partial charge in [0.25, 0.3) is 0 Å². The molecule has 0 saturated heterocycles. The van der Waals surface area contributed by atoms with Crippen molar-refractivity contribution in [2.75, 3.05) is 23.8 Å². The smallest absolute Gasteiger partial charge is 0.315 e. The van der Waals surface area contributed by atoms with Gasteiger partial charge in [0, 0.05) is 19.2 Å². The second-order valence-corrected chi connectivity index (χ2v) is 4.05. The lowest BCUT2D eigenvalue weighted by atomic mass is 10.2. The van der Waals surface area contributed by atoms with Crippen LogP contribution < -0.4 is 10.6 Å². The molecule has 18 heavy (non-hydrogen) atoms. The Balaban J connectivity index is 3.02. The van der Waals surface area contributed by atoms with Crippen LogP contribution in [0.5, 0.6) is 0 Å². The second kappa shape index (κ2) is 6.80. The van der Waals surface area contributed by atoms with E-state index in [1.165, 1.54) is 0 Å². The van der Waals surface area contributed by atoms with Crippen LogP contribution in [0, 0.1) is 10.1 Å². The second-order valence-electron chi connectivity index (χ2n) is 4.05. The van der Waals surface area contributed by atoms with Gasteiger partial charge in [-0.15, -0.1) is 0 Å². The highest BCUT2D eigenvalue weighted by Gasteiger charge is 2.20. The molecular formula is C12H19N3O3. The molecule has 0 aliphatic rings. The molecule has 0 amide bonds. The monoisotopic (exact) mass is 253 g/mol. The molecule has 1 aromatic rings. The largest absolute Gasteiger partial charge is 0.396 e. The Bertz CT molecular complexity index is 410. The van der Waals surface area contributed by atoms with Crippen molar-refractivity contribution >= 4 is 17.1 Å². The number of nitro groups is 1. The molecule has 1 rings (SSSR count). The Morgan fingerprint density at radius 2 is 2.11 bits per heavy atom. The average Bonchev–Trinajstić information content (AvgIpc) is 2.29. The zero-order valence-electron chi connectivity index (χ0n) is 10.6. The highest BCUT2D eigenvalue weighted by atomic mass is 16.6. The van der Waals surface area contributed by atoms with Gasteiger partial charge in [-0.2, -0.15) is 0 Å². The van der Waals surface area contributed by atoms with E-state index in [2.05, 4.69) is 10.6 Å². The fraction of sp³-hybridized carbons (Fsp3) is 0.500. The lowest BCUT2D eigenvalue weighted by molar-refractivity contribution is -0.383. The molecule has 3 N–H and O–H groups in total. The van der Waals surface area contributed by atoms with E-state index in [0.717, 1.165) is 0 Å². The molecule has 0 aliphatic carbocycles. The van der Waals surface area contributed by atoms with E-state index < -0.39 is 4.92 Å². The Morgan fingerprint density at radius 3 is 2.67 bits per heavy atom. The van der Waals surface area contributed by atoms with Crippen molar-refractivity contribution in [3.63, 3.8) is 0 Å². The summed E-state index contributed by atoms with van der Waals surface area (Å²) in [5, 5.41) is 26.0. The molecular weight excluding hydrogens is 234 g/mol. The lowest BCUT2D eigenvalue weighted by Crippen LogP contribution is -2.17. The van der Waals surface area contributed by atoms with Crippen molar-refractivity contribution in [2.24, 2.45) is 0 Å². The number of hydrogen-bond donors (Lipinski definition) is 3. The van der Waals surface area contributed by atoms with E-state index in [1.54, 1.807) is 18.2 Å². The number of para-hydroxylation sites is 1. The molecule has 0 saturated carbocycles. The third-order valence-corrected chi connectivity index (χ3v) is 2.55. The summed E-state index contributed by atoms with van der Waals surface area (Å²) in [6.45, 7) is 4.43. The molecule has 1 unspecified atom stereocenters. The van der Waals surface area contributed by atoms with E-state index in [-0.39, 0.29) is 18.3 Å². The van der Waals surface area contributed by atoms with Crippen LogP contribution in [0.3, 0.4) is 0 Å². The molecule has 1 atom stereocenters. The number of hydrogen-bond acceptors (Lipinski definition) is 5. The summed E-state index contributed by atoms with van der Waals surface area (Å²) >= 11 is 0. The van der Waals surface area contributed by atoms with Gasteiger partial charge in [-0.05, 0) is 32.4 Å². The quantitative estimate of drug-likeness (QED) is 0.512. The Kier molecular flexibility index (Phi) is 5.38. The van der Waals surface area contributed by atoms with Crippen molar-refractivity contribution in [1.29, 1.82) is 0 Å². The van der Waals surface area contributed by atoms with Gasteiger partial charge in [0.2, 0.25) is 0 Å². The molecule has 0 fully saturated rings. The van der Waals surface area contributed by atoms with Crippen LogP contribution >= 0.6 is 0 Å². The highest BCUT2D eigenvalue weighted by Crippen LogP contribution is 2.33. The maximum Gasteiger partial charge on any atom is 0.315 e. The molecule has 0 aromatic heterocycles. The van der Waals surface area contributed by atoms with Gasteiger partial charge < -0.3 is 15.7 Å². The molecule has 0 radical (unpaired) electrons. The van der Waals surface area contributed by atoms with Crippen molar-refractivity contribution < 1.29 is 10.0 Å². The number of nitrogens with zero attached hydrogens (tertiary/aromatic N) is 1. The summed E-state index contributed by atoms with van der Waals surface area (Å²) < 4.78 is 0. The van der Waals surface area contributed by atoms with Gasteiger partial charge in [-0.3, -0.25) is 10.1 Å². The van der Waals surface area contributed by atoms with Crippen LogP contribution in [-0.2, 0) is 0 Å². The number of nitrogens with one attached hydrogen (secondary N) is 2. The van der Waals surface area contributed by atoms with Gasteiger partial charge in [0.05, 0.1) is 4.92 Å². The zero-order chi connectivity index (χ0) is 13.5. The van der Waals surface area contributed by atoms with E-state index in [0.29, 0.717) is 24.3 Å². The van der Waals surface area contributed by atoms with Crippen molar-refractivity contribution in [3.05, 3.63) is 28.3 Å². The summed E-state index contributed by atoms with van der Waals surface area (Å²) in [7, 11) is 0. The van der Waals surface area contributed by atoms with Crippen LogP contribution in [0.2, 0.25) is 0 Å². The first kappa shape index (κ1) is 14.2. The minimum atomic E-state index is -0.397. The fourth-order valence-electron chi connectivity index (χ4n) is 1.72. The van der Waals surface area contributed by atoms with E-state index in [4.69, 9.17) is 5.11 Å². The van der Waals surface area contributed by atoms with Crippen molar-refractivity contribution in [1.82, 2.24) is 0 Å². The summed E-state index contributed by atoms with van der Waals surface area (Å²) in [4.78, 5) is 10.7. The highest BCUT2D eigenvalue weighted by molar-refractivity contribution is 5.76. The molecule has 0 aliphatic heterocycles. The molecule has 0 bridgehead atoms. The third kappa shape index (κ3) is 3.59. The topological polar surface area (TPSA) is 87.4 Å². The summed E-state index contributed by atoms with van der Waals surface area (Å²) in [5.41, 5.74) is 1.02. The summed E-state index contributed by atoms with van der Waals surface area (Å²) in [6.07, 6.45) is 0.544. The molecule has 0 spiro atoms. The normalized spacial score (nSPS) is 11.9. The van der Waals surface area contributed by atoms with Crippen LogP contribution in [0.25, 0.3) is 0 Å². The van der Waals surface area contributed by atoms with Crippen LogP contribution in [0.15, 0.2) is 18.2 Å². The molecule has 6 nitrogen and oxygen atoms in total. The van der Waals surface area contributed by atoms with Gasteiger partial charge in [-0.25, -0.2) is 0 Å².